The average molecular weight is 1370 g/mol. The minimum absolute atomic E-state index is 0.0315. The van der Waals surface area contributed by atoms with E-state index in [1.807, 2.05) is 17.1 Å². The molecule has 3 unspecified atom stereocenters. The quantitative estimate of drug-likeness (QED) is 0.0202. The predicted octanol–water partition coefficient (Wildman–Crippen LogP) is 20.9. The van der Waals surface area contributed by atoms with Crippen molar-refractivity contribution in [2.24, 2.45) is 5.92 Å². The molecule has 0 spiro atoms. The number of allylic oxidation sites excluding steroid dienone is 2. The van der Waals surface area contributed by atoms with Crippen LogP contribution in [0.3, 0.4) is 0 Å². The summed E-state index contributed by atoms with van der Waals surface area (Å²) in [5.41, 5.74) is 0. The molecule has 0 heterocycles. The van der Waals surface area contributed by atoms with Crippen molar-refractivity contribution in [2.75, 3.05) is 90.2 Å². The number of carbonyl (C=O) groups excluding carboxylic acids is 5. The Morgan fingerprint density at radius 2 is 0.755 bits per heavy atom. The summed E-state index contributed by atoms with van der Waals surface area (Å²) in [7, 11) is 0. The largest absolute Gasteiger partial charge is 0.461 e. The molecule has 16 heteroatoms. The Bertz CT molecular complexity index is 1790. The van der Waals surface area contributed by atoms with E-state index in [0.29, 0.717) is 63.6 Å². The zero-order valence-corrected chi connectivity index (χ0v) is 64.1. The highest BCUT2D eigenvalue weighted by Crippen LogP contribution is 2.23. The molecule has 1 N–H and O–H groups in total. The summed E-state index contributed by atoms with van der Waals surface area (Å²) >= 11 is 2.62. The second kappa shape index (κ2) is 68.9. The third-order valence-electron chi connectivity index (χ3n) is 18.1. The first-order valence-electron chi connectivity index (χ1n) is 39.2. The van der Waals surface area contributed by atoms with Crippen molar-refractivity contribution < 1.29 is 48.0 Å². The van der Waals surface area contributed by atoms with Gasteiger partial charge in [-0.25, -0.2) is 0 Å². The number of aliphatic hydroxyl groups is 1. The number of ether oxygens (including phenoxy) is 4. The molecule has 0 saturated heterocycles. The summed E-state index contributed by atoms with van der Waals surface area (Å²) in [6.45, 7) is 27.5. The van der Waals surface area contributed by atoms with E-state index in [-0.39, 0.29) is 66.6 Å². The Hall–Kier alpha value is -2.63. The molecule has 14 nitrogen and oxygen atoms in total. The lowest BCUT2D eigenvalue weighted by Gasteiger charge is -2.25. The molecule has 3 atom stereocenters. The van der Waals surface area contributed by atoms with Crippen LogP contribution in [-0.4, -0.2) is 162 Å². The fraction of sp³-hybridized carbons (Fsp3) is 0.885. The molecule has 0 radical (unpaired) electrons. The average Bonchev–Trinajstić information content (AvgIpc) is 2.21. The molecular formula is C78H148N4O10S2. The Morgan fingerprint density at radius 1 is 0.383 bits per heavy atom. The van der Waals surface area contributed by atoms with Crippen molar-refractivity contribution in [2.45, 2.75) is 350 Å². The number of hydrogen-bond acceptors (Lipinski definition) is 14. The number of aliphatic hydroxyl groups excluding tert-OH is 1. The monoisotopic (exact) mass is 1370 g/mol. The highest BCUT2D eigenvalue weighted by molar-refractivity contribution is 8.13. The number of hydrogen-bond donors (Lipinski definition) is 1. The molecule has 0 aliphatic carbocycles. The second-order valence-corrected chi connectivity index (χ2v) is 28.7. The minimum atomic E-state index is -0.869. The molecule has 0 bridgehead atoms. The van der Waals surface area contributed by atoms with Gasteiger partial charge in [0.15, 0.2) is 6.29 Å². The van der Waals surface area contributed by atoms with Crippen molar-refractivity contribution >= 4 is 51.9 Å². The van der Waals surface area contributed by atoms with Crippen molar-refractivity contribution in [3.8, 4) is 0 Å². The molecule has 0 aliphatic heterocycles. The SMILES string of the molecule is CCCCCC/C=C\COC(=O)CCCN(CCCC(O)OC(CCCCCCC)CCCCCCCC(C)CCCC/C=C\COC(=O)CCCN(CC(=O)OC(CCCCCCC)CCCCCCC)C(=O)SCCCN(CC)CC)C(=O)SCCCN(CC)CC. The molecule has 2 amide bonds. The number of nitrogens with zero attached hydrogens (tertiary/aromatic N) is 4. The lowest BCUT2D eigenvalue weighted by atomic mass is 9.96. The van der Waals surface area contributed by atoms with Crippen molar-refractivity contribution in [3.63, 3.8) is 0 Å². The number of amides is 2. The zero-order chi connectivity index (χ0) is 69.2. The molecule has 0 saturated carbocycles. The van der Waals surface area contributed by atoms with E-state index in [1.54, 1.807) is 4.90 Å². The van der Waals surface area contributed by atoms with Crippen LogP contribution in [0.15, 0.2) is 24.3 Å². The van der Waals surface area contributed by atoms with Gasteiger partial charge in [-0.15, -0.1) is 0 Å². The highest BCUT2D eigenvalue weighted by Gasteiger charge is 2.23. The normalized spacial score (nSPS) is 12.8. The number of carbonyl (C=O) groups is 5. The van der Waals surface area contributed by atoms with Gasteiger partial charge in [0.1, 0.15) is 25.9 Å². The fourth-order valence-corrected chi connectivity index (χ4v) is 13.5. The number of unbranched alkanes of at least 4 members (excludes halogenated alkanes) is 22. The van der Waals surface area contributed by atoms with Crippen LogP contribution >= 0.6 is 23.5 Å². The molecule has 0 fully saturated rings. The number of thioether (sulfide) groups is 2. The van der Waals surface area contributed by atoms with Crippen LogP contribution in [0, 0.1) is 5.92 Å². The summed E-state index contributed by atoms with van der Waals surface area (Å²) in [6, 6.07) is 0. The van der Waals surface area contributed by atoms with E-state index < -0.39 is 6.29 Å². The fourth-order valence-electron chi connectivity index (χ4n) is 11.9. The Labute approximate surface area is 587 Å². The van der Waals surface area contributed by atoms with Crippen LogP contribution in [0.4, 0.5) is 9.59 Å². The molecule has 0 aliphatic rings. The summed E-state index contributed by atoms with van der Waals surface area (Å²) in [6.07, 6.45) is 50.3. The lowest BCUT2D eigenvalue weighted by Crippen LogP contribution is -2.36. The van der Waals surface area contributed by atoms with Crippen LogP contribution in [-0.2, 0) is 33.3 Å². The van der Waals surface area contributed by atoms with E-state index >= 15 is 0 Å². The third kappa shape index (κ3) is 58.3. The zero-order valence-electron chi connectivity index (χ0n) is 62.4. The first-order valence-corrected chi connectivity index (χ1v) is 41.2. The molecular weight excluding hydrogens is 1220 g/mol. The first-order chi connectivity index (χ1) is 45.8. The van der Waals surface area contributed by atoms with Gasteiger partial charge >= 0.3 is 17.9 Å². The van der Waals surface area contributed by atoms with E-state index in [9.17, 15) is 29.1 Å². The molecule has 552 valence electrons. The van der Waals surface area contributed by atoms with Crippen molar-refractivity contribution in [3.05, 3.63) is 24.3 Å². The van der Waals surface area contributed by atoms with Gasteiger partial charge in [0.25, 0.3) is 10.5 Å². The van der Waals surface area contributed by atoms with E-state index in [0.717, 1.165) is 148 Å². The second-order valence-electron chi connectivity index (χ2n) is 26.6. The van der Waals surface area contributed by atoms with Gasteiger partial charge in [-0.05, 0) is 148 Å². The van der Waals surface area contributed by atoms with Gasteiger partial charge in [-0.1, -0.05) is 264 Å². The summed E-state index contributed by atoms with van der Waals surface area (Å²) in [5, 5.41) is 11.1. The molecule has 0 aromatic carbocycles. The standard InChI is InChI=1S/C78H148N4O10S2/c1-10-18-22-26-27-36-44-65-89-73(83)57-46-62-81(77(87)93-67-49-60-79(14-5)15-6)63-48-59-75(85)91-71(53-40-30-23-19-11-2)54-43-35-28-33-38-51-70(9)52-39-34-29-37-45-66-90-74(84)58-47-64-82(78(88)94-68-50-61-80(16-7)17-8)69-76(86)92-72(55-41-31-24-20-12-3)56-42-32-25-21-13-4/h36-37,44-45,70-72,75,85H,10-35,38-43,46-69H2,1-9H3/b44-36-,45-37-. The Kier molecular flexibility index (Phi) is 66.9. The summed E-state index contributed by atoms with van der Waals surface area (Å²) < 4.78 is 23.5. The molecule has 0 aromatic heterocycles. The van der Waals surface area contributed by atoms with E-state index in [4.69, 9.17) is 18.9 Å². The van der Waals surface area contributed by atoms with Gasteiger partial charge in [0, 0.05) is 44.0 Å². The van der Waals surface area contributed by atoms with Crippen LogP contribution in [0.1, 0.15) is 332 Å². The molecule has 0 aromatic rings. The van der Waals surface area contributed by atoms with E-state index in [2.05, 4.69) is 84.3 Å². The van der Waals surface area contributed by atoms with Gasteiger partial charge in [-0.3, -0.25) is 24.0 Å². The lowest BCUT2D eigenvalue weighted by molar-refractivity contribution is -0.150. The van der Waals surface area contributed by atoms with Crippen LogP contribution in [0.25, 0.3) is 0 Å². The minimum Gasteiger partial charge on any atom is -0.461 e. The van der Waals surface area contributed by atoms with Crippen LogP contribution < -0.4 is 0 Å². The smallest absolute Gasteiger partial charge is 0.325 e. The Morgan fingerprint density at radius 3 is 1.21 bits per heavy atom. The summed E-state index contributed by atoms with van der Waals surface area (Å²) in [5.74, 6) is 1.24. The number of rotatable bonds is 69. The summed E-state index contributed by atoms with van der Waals surface area (Å²) in [4.78, 5) is 74.1. The molecule has 94 heavy (non-hydrogen) atoms. The number of esters is 3. The van der Waals surface area contributed by atoms with Crippen LogP contribution in [0.2, 0.25) is 0 Å². The highest BCUT2D eigenvalue weighted by atomic mass is 32.2. The third-order valence-corrected chi connectivity index (χ3v) is 20.1. The maximum atomic E-state index is 13.5. The molecule has 0 rings (SSSR count). The van der Waals surface area contributed by atoms with Gasteiger partial charge in [0.05, 0.1) is 6.10 Å². The maximum absolute atomic E-state index is 13.5. The van der Waals surface area contributed by atoms with Crippen molar-refractivity contribution in [1.29, 1.82) is 0 Å². The Balaban J connectivity index is 4.94. The van der Waals surface area contributed by atoms with Gasteiger partial charge < -0.3 is 43.7 Å². The van der Waals surface area contributed by atoms with E-state index in [1.165, 1.54) is 152 Å². The predicted molar refractivity (Wildman–Crippen MR) is 401 cm³/mol. The maximum Gasteiger partial charge on any atom is 0.325 e. The topological polar surface area (TPSA) is 155 Å². The van der Waals surface area contributed by atoms with Crippen molar-refractivity contribution in [1.82, 2.24) is 19.6 Å². The van der Waals surface area contributed by atoms with Gasteiger partial charge in [0.2, 0.25) is 0 Å². The van der Waals surface area contributed by atoms with Gasteiger partial charge in [-0.2, -0.15) is 0 Å². The first kappa shape index (κ1) is 91.4. The van der Waals surface area contributed by atoms with Crippen LogP contribution in [0.5, 0.6) is 0 Å².